The highest BCUT2D eigenvalue weighted by Gasteiger charge is 2.32. The number of carbonyl (C=O) groups is 1. The third kappa shape index (κ3) is 4.10. The minimum atomic E-state index is -3.44. The molecule has 26 heavy (non-hydrogen) atoms. The molecule has 0 aromatic heterocycles. The Balaban J connectivity index is 1.56. The molecule has 2 saturated heterocycles. The van der Waals surface area contributed by atoms with E-state index in [1.165, 1.54) is 10.7 Å². The van der Waals surface area contributed by atoms with Crippen molar-refractivity contribution in [2.75, 3.05) is 32.7 Å². The van der Waals surface area contributed by atoms with Crippen LogP contribution in [0.5, 0.6) is 0 Å². The van der Waals surface area contributed by atoms with Crippen molar-refractivity contribution in [3.05, 3.63) is 30.3 Å². The summed E-state index contributed by atoms with van der Waals surface area (Å²) in [5.41, 5.74) is 0. The molecule has 0 N–H and O–H groups in total. The zero-order chi connectivity index (χ0) is 18.7. The number of likely N-dealkylation sites (tertiary alicyclic amines) is 1. The number of hydrogen-bond acceptors (Lipinski definition) is 4. The predicted molar refractivity (Wildman–Crippen MR) is 101 cm³/mol. The van der Waals surface area contributed by atoms with Gasteiger partial charge in [-0.3, -0.25) is 9.69 Å². The predicted octanol–water partition coefficient (Wildman–Crippen LogP) is 1.78. The lowest BCUT2D eigenvalue weighted by Crippen LogP contribution is -2.54. The van der Waals surface area contributed by atoms with Crippen LogP contribution in [0.2, 0.25) is 0 Å². The van der Waals surface area contributed by atoms with E-state index in [0.717, 1.165) is 12.8 Å². The number of hydrogen-bond donors (Lipinski definition) is 0. The molecule has 7 heteroatoms. The quantitative estimate of drug-likeness (QED) is 0.800. The Morgan fingerprint density at radius 2 is 1.58 bits per heavy atom. The molecule has 1 aromatic carbocycles. The van der Waals surface area contributed by atoms with Gasteiger partial charge < -0.3 is 4.90 Å². The molecule has 2 aliphatic heterocycles. The van der Waals surface area contributed by atoms with E-state index < -0.39 is 10.0 Å². The van der Waals surface area contributed by atoms with Gasteiger partial charge in [-0.05, 0) is 45.2 Å². The van der Waals surface area contributed by atoms with Gasteiger partial charge in [0.2, 0.25) is 15.9 Å². The van der Waals surface area contributed by atoms with Gasteiger partial charge in [0.05, 0.1) is 11.4 Å². The van der Waals surface area contributed by atoms with Gasteiger partial charge in [-0.1, -0.05) is 18.2 Å². The summed E-state index contributed by atoms with van der Waals surface area (Å²) in [4.78, 5) is 17.2. The molecule has 1 amide bonds. The summed E-state index contributed by atoms with van der Waals surface area (Å²) < 4.78 is 26.9. The van der Waals surface area contributed by atoms with Crippen LogP contribution in [-0.2, 0) is 14.8 Å². The zero-order valence-corrected chi connectivity index (χ0v) is 16.5. The van der Waals surface area contributed by atoms with Gasteiger partial charge in [0.1, 0.15) is 0 Å². The molecule has 6 nitrogen and oxygen atoms in total. The van der Waals surface area contributed by atoms with Crippen molar-refractivity contribution in [3.63, 3.8) is 0 Å². The molecule has 0 saturated carbocycles. The second kappa shape index (κ2) is 8.06. The maximum atomic E-state index is 12.7. The molecule has 0 aliphatic carbocycles. The van der Waals surface area contributed by atoms with Crippen molar-refractivity contribution in [1.82, 2.24) is 14.1 Å². The SMILES string of the molecule is CC1CCCC(C)N1C(=O)CN1CCN(S(=O)(=O)c2ccccc2)CC1. The maximum Gasteiger partial charge on any atom is 0.243 e. The Kier molecular flexibility index (Phi) is 5.99. The van der Waals surface area contributed by atoms with E-state index in [-0.39, 0.29) is 5.91 Å². The Labute approximate surface area is 156 Å². The summed E-state index contributed by atoms with van der Waals surface area (Å²) >= 11 is 0. The van der Waals surface area contributed by atoms with E-state index in [4.69, 9.17) is 0 Å². The highest BCUT2D eigenvalue weighted by atomic mass is 32.2. The smallest absolute Gasteiger partial charge is 0.243 e. The number of amides is 1. The molecule has 3 rings (SSSR count). The van der Waals surface area contributed by atoms with Crippen molar-refractivity contribution in [3.8, 4) is 0 Å². The van der Waals surface area contributed by atoms with Crippen LogP contribution in [0.15, 0.2) is 35.2 Å². The summed E-state index contributed by atoms with van der Waals surface area (Å²) in [5, 5.41) is 0. The standard InChI is InChI=1S/C19H29N3O3S/c1-16-7-6-8-17(2)22(16)19(23)15-20-11-13-21(14-12-20)26(24,25)18-9-4-3-5-10-18/h3-5,9-10,16-17H,6-8,11-15H2,1-2H3. The van der Waals surface area contributed by atoms with Gasteiger partial charge in [0, 0.05) is 38.3 Å². The minimum Gasteiger partial charge on any atom is -0.336 e. The molecule has 2 aliphatic rings. The number of carbonyl (C=O) groups excluding carboxylic acids is 1. The lowest BCUT2D eigenvalue weighted by atomic mass is 9.97. The summed E-state index contributed by atoms with van der Waals surface area (Å²) in [6, 6.07) is 9.14. The van der Waals surface area contributed by atoms with Crippen LogP contribution >= 0.6 is 0 Å². The van der Waals surface area contributed by atoms with E-state index in [9.17, 15) is 13.2 Å². The lowest BCUT2D eigenvalue weighted by Gasteiger charge is -2.41. The van der Waals surface area contributed by atoms with Gasteiger partial charge in [0.25, 0.3) is 0 Å². The molecule has 1 aromatic rings. The Bertz CT molecular complexity index is 705. The summed E-state index contributed by atoms with van der Waals surface area (Å²) in [6.07, 6.45) is 3.32. The number of benzene rings is 1. The van der Waals surface area contributed by atoms with Crippen LogP contribution in [0.4, 0.5) is 0 Å². The Hall–Kier alpha value is -1.44. The fraction of sp³-hybridized carbons (Fsp3) is 0.632. The van der Waals surface area contributed by atoms with Gasteiger partial charge in [0.15, 0.2) is 0 Å². The van der Waals surface area contributed by atoms with Crippen molar-refractivity contribution in [2.45, 2.75) is 50.1 Å². The molecule has 2 heterocycles. The van der Waals surface area contributed by atoms with Gasteiger partial charge in [-0.2, -0.15) is 4.31 Å². The first kappa shape index (κ1) is 19.3. The fourth-order valence-electron chi connectivity index (χ4n) is 4.06. The zero-order valence-electron chi connectivity index (χ0n) is 15.7. The molecular formula is C19H29N3O3S. The second-order valence-electron chi connectivity index (χ2n) is 7.42. The van der Waals surface area contributed by atoms with Gasteiger partial charge in [-0.15, -0.1) is 0 Å². The highest BCUT2D eigenvalue weighted by molar-refractivity contribution is 7.89. The van der Waals surface area contributed by atoms with Crippen molar-refractivity contribution < 1.29 is 13.2 Å². The summed E-state index contributed by atoms with van der Waals surface area (Å²) in [5.74, 6) is 0.170. The van der Waals surface area contributed by atoms with Crippen LogP contribution in [0.1, 0.15) is 33.1 Å². The minimum absolute atomic E-state index is 0.170. The maximum absolute atomic E-state index is 12.7. The summed E-state index contributed by atoms with van der Waals surface area (Å²) in [6.45, 7) is 6.66. The highest BCUT2D eigenvalue weighted by Crippen LogP contribution is 2.23. The first-order chi connectivity index (χ1) is 12.4. The topological polar surface area (TPSA) is 60.9 Å². The molecular weight excluding hydrogens is 350 g/mol. The molecule has 0 radical (unpaired) electrons. The molecule has 2 atom stereocenters. The first-order valence-corrected chi connectivity index (χ1v) is 10.9. The Morgan fingerprint density at radius 1 is 1.00 bits per heavy atom. The number of piperazine rings is 1. The van der Waals surface area contributed by atoms with E-state index in [1.807, 2.05) is 11.0 Å². The van der Waals surface area contributed by atoms with Gasteiger partial charge in [-0.25, -0.2) is 8.42 Å². The van der Waals surface area contributed by atoms with Crippen molar-refractivity contribution in [2.24, 2.45) is 0 Å². The van der Waals surface area contributed by atoms with E-state index in [1.54, 1.807) is 24.3 Å². The van der Waals surface area contributed by atoms with Gasteiger partial charge >= 0.3 is 0 Å². The van der Waals surface area contributed by atoms with Crippen LogP contribution in [0.25, 0.3) is 0 Å². The molecule has 0 bridgehead atoms. The second-order valence-corrected chi connectivity index (χ2v) is 9.36. The number of sulfonamides is 1. The van der Waals surface area contributed by atoms with Crippen molar-refractivity contribution >= 4 is 15.9 Å². The van der Waals surface area contributed by atoms with Crippen LogP contribution < -0.4 is 0 Å². The lowest BCUT2D eigenvalue weighted by molar-refractivity contribution is -0.138. The average molecular weight is 380 g/mol. The number of nitrogens with zero attached hydrogens (tertiary/aromatic N) is 3. The largest absolute Gasteiger partial charge is 0.336 e. The van der Waals surface area contributed by atoms with Crippen LogP contribution in [-0.4, -0.2) is 73.2 Å². The number of rotatable bonds is 4. The molecule has 0 spiro atoms. The van der Waals surface area contributed by atoms with Crippen LogP contribution in [0, 0.1) is 0 Å². The normalized spacial score (nSPS) is 26.0. The monoisotopic (exact) mass is 379 g/mol. The average Bonchev–Trinajstić information content (AvgIpc) is 2.63. The molecule has 2 unspecified atom stereocenters. The number of piperidine rings is 1. The first-order valence-electron chi connectivity index (χ1n) is 9.48. The molecule has 2 fully saturated rings. The third-order valence-electron chi connectivity index (χ3n) is 5.55. The van der Waals surface area contributed by atoms with Crippen LogP contribution in [0.3, 0.4) is 0 Å². The summed E-state index contributed by atoms with van der Waals surface area (Å²) in [7, 11) is -3.44. The molecule has 144 valence electrons. The van der Waals surface area contributed by atoms with E-state index in [0.29, 0.717) is 49.7 Å². The fourth-order valence-corrected chi connectivity index (χ4v) is 5.50. The van der Waals surface area contributed by atoms with E-state index in [2.05, 4.69) is 18.7 Å². The van der Waals surface area contributed by atoms with Crippen molar-refractivity contribution in [1.29, 1.82) is 0 Å². The third-order valence-corrected chi connectivity index (χ3v) is 7.47. The Morgan fingerprint density at radius 3 is 2.15 bits per heavy atom. The van der Waals surface area contributed by atoms with E-state index >= 15 is 0 Å².